The number of hydrogen-bond acceptors (Lipinski definition) is 5. The summed E-state index contributed by atoms with van der Waals surface area (Å²) in [4.78, 5) is 24.5. The van der Waals surface area contributed by atoms with Crippen molar-refractivity contribution in [1.82, 2.24) is 0 Å². The van der Waals surface area contributed by atoms with E-state index in [-0.39, 0.29) is 40.6 Å². The lowest BCUT2D eigenvalue weighted by molar-refractivity contribution is -0.870. The van der Waals surface area contributed by atoms with Gasteiger partial charge in [0.25, 0.3) is 0 Å². The molecule has 0 aromatic heterocycles. The molecule has 1 aliphatic rings. The van der Waals surface area contributed by atoms with Gasteiger partial charge < -0.3 is 19.1 Å². The van der Waals surface area contributed by atoms with Crippen LogP contribution < -0.4 is 9.47 Å². The molecule has 0 bridgehead atoms. The minimum atomic E-state index is -0.469. The molecule has 0 amide bonds. The third-order valence-electron chi connectivity index (χ3n) is 4.88. The number of carbonyl (C=O) groups excluding carboxylic acids is 2. The van der Waals surface area contributed by atoms with Gasteiger partial charge in [-0.05, 0) is 30.7 Å². The molecule has 2 aromatic carbocycles. The predicted octanol–water partition coefficient (Wildman–Crippen LogP) is 3.78. The van der Waals surface area contributed by atoms with E-state index in [2.05, 4.69) is 21.1 Å². The number of phenols is 1. The number of quaternary nitrogens is 1. The van der Waals surface area contributed by atoms with Crippen LogP contribution in [0, 0.1) is 0 Å². The van der Waals surface area contributed by atoms with Crippen molar-refractivity contribution in [2.75, 3.05) is 34.3 Å². The van der Waals surface area contributed by atoms with Gasteiger partial charge in [-0.1, -0.05) is 12.1 Å². The molecule has 6 heteroatoms. The van der Waals surface area contributed by atoms with E-state index in [0.29, 0.717) is 6.61 Å². The van der Waals surface area contributed by atoms with Crippen LogP contribution in [0.15, 0.2) is 36.4 Å². The van der Waals surface area contributed by atoms with Crippen LogP contribution in [0.4, 0.5) is 0 Å². The minimum Gasteiger partial charge on any atom is -0.508 e. The van der Waals surface area contributed by atoms with Crippen LogP contribution in [0.5, 0.6) is 17.2 Å². The average molecular weight is 398 g/mol. The first-order valence-electron chi connectivity index (χ1n) is 9.75. The minimum absolute atomic E-state index is 0.0972. The van der Waals surface area contributed by atoms with Crippen molar-refractivity contribution < 1.29 is 28.7 Å². The Morgan fingerprint density at radius 3 is 2.52 bits per heavy atom. The molecular weight excluding hydrogens is 370 g/mol. The van der Waals surface area contributed by atoms with Gasteiger partial charge in [0.15, 0.2) is 11.6 Å². The Balaban J connectivity index is 1.70. The van der Waals surface area contributed by atoms with Gasteiger partial charge >= 0.3 is 0 Å². The van der Waals surface area contributed by atoms with Crippen molar-refractivity contribution in [1.29, 1.82) is 0 Å². The SMILES string of the molecule is CC(=O)c1cc(O)cc2c1C(=O)CC(c1ccc(OCCC[N+](C)(C)C)cc1)O2. The highest BCUT2D eigenvalue weighted by Crippen LogP contribution is 2.39. The van der Waals surface area contributed by atoms with E-state index in [1.165, 1.54) is 19.1 Å². The van der Waals surface area contributed by atoms with Crippen molar-refractivity contribution in [3.63, 3.8) is 0 Å². The molecule has 1 heterocycles. The van der Waals surface area contributed by atoms with Crippen LogP contribution in [0.2, 0.25) is 0 Å². The second kappa shape index (κ2) is 8.25. The summed E-state index contributed by atoms with van der Waals surface area (Å²) in [7, 11) is 6.45. The molecule has 1 atom stereocenters. The molecule has 0 saturated carbocycles. The van der Waals surface area contributed by atoms with Crippen molar-refractivity contribution >= 4 is 11.6 Å². The van der Waals surface area contributed by atoms with E-state index >= 15 is 0 Å². The molecule has 0 aliphatic carbocycles. The fourth-order valence-corrected chi connectivity index (χ4v) is 3.42. The topological polar surface area (TPSA) is 72.8 Å². The summed E-state index contributed by atoms with van der Waals surface area (Å²) in [5, 5.41) is 9.89. The lowest BCUT2D eigenvalue weighted by atomic mass is 9.91. The quantitative estimate of drug-likeness (QED) is 0.437. The van der Waals surface area contributed by atoms with E-state index in [4.69, 9.17) is 9.47 Å². The van der Waals surface area contributed by atoms with Crippen molar-refractivity contribution in [3.8, 4) is 17.2 Å². The molecule has 154 valence electrons. The molecule has 1 aliphatic heterocycles. The molecule has 29 heavy (non-hydrogen) atoms. The van der Waals surface area contributed by atoms with Crippen LogP contribution in [-0.2, 0) is 0 Å². The summed E-state index contributed by atoms with van der Waals surface area (Å²) in [5.41, 5.74) is 1.29. The Hall–Kier alpha value is -2.86. The largest absolute Gasteiger partial charge is 0.508 e. The Morgan fingerprint density at radius 1 is 1.21 bits per heavy atom. The maximum atomic E-state index is 12.7. The Bertz CT molecular complexity index is 912. The van der Waals surface area contributed by atoms with Crippen LogP contribution in [0.3, 0.4) is 0 Å². The molecule has 0 spiro atoms. The smallest absolute Gasteiger partial charge is 0.171 e. The molecule has 1 unspecified atom stereocenters. The number of ketones is 2. The fourth-order valence-electron chi connectivity index (χ4n) is 3.42. The first-order chi connectivity index (χ1) is 13.6. The predicted molar refractivity (Wildman–Crippen MR) is 110 cm³/mol. The molecule has 0 saturated heterocycles. The van der Waals surface area contributed by atoms with Crippen LogP contribution in [0.1, 0.15) is 52.1 Å². The number of ether oxygens (including phenoxy) is 2. The average Bonchev–Trinajstić information content (AvgIpc) is 2.63. The Labute approximate surface area is 171 Å². The maximum absolute atomic E-state index is 12.7. The third-order valence-corrected chi connectivity index (χ3v) is 4.88. The van der Waals surface area contributed by atoms with Crippen molar-refractivity contribution in [2.24, 2.45) is 0 Å². The van der Waals surface area contributed by atoms with Crippen LogP contribution >= 0.6 is 0 Å². The number of hydrogen-bond donors (Lipinski definition) is 1. The summed E-state index contributed by atoms with van der Waals surface area (Å²) in [5.74, 6) is 0.479. The number of rotatable bonds is 7. The second-order valence-electron chi connectivity index (χ2n) is 8.44. The van der Waals surface area contributed by atoms with Crippen molar-refractivity contribution in [2.45, 2.75) is 25.9 Å². The van der Waals surface area contributed by atoms with E-state index in [0.717, 1.165) is 28.8 Å². The van der Waals surface area contributed by atoms with E-state index in [1.807, 2.05) is 24.3 Å². The second-order valence-corrected chi connectivity index (χ2v) is 8.44. The zero-order valence-electron chi connectivity index (χ0n) is 17.4. The molecule has 0 radical (unpaired) electrons. The normalized spacial score (nSPS) is 16.1. The monoisotopic (exact) mass is 398 g/mol. The number of Topliss-reactive ketones (excluding diaryl/α,β-unsaturated/α-hetero) is 2. The number of benzene rings is 2. The number of carbonyl (C=O) groups is 2. The molecule has 2 aromatic rings. The molecule has 6 nitrogen and oxygen atoms in total. The number of fused-ring (bicyclic) bond motifs is 1. The Kier molecular flexibility index (Phi) is 5.94. The standard InChI is InChI=1S/C23H27NO5/c1-15(25)19-12-17(26)13-22-23(19)20(27)14-21(29-22)16-6-8-18(9-7-16)28-11-5-10-24(2,3)4/h6-9,12-13,21H,5,10-11,14H2,1-4H3/p+1. The van der Waals surface area contributed by atoms with Gasteiger partial charge in [-0.15, -0.1) is 0 Å². The maximum Gasteiger partial charge on any atom is 0.171 e. The highest BCUT2D eigenvalue weighted by atomic mass is 16.5. The van der Waals surface area contributed by atoms with E-state index in [1.54, 1.807) is 0 Å². The first-order valence-corrected chi connectivity index (χ1v) is 9.75. The Morgan fingerprint density at radius 2 is 1.90 bits per heavy atom. The lowest BCUT2D eigenvalue weighted by Crippen LogP contribution is -2.35. The van der Waals surface area contributed by atoms with Gasteiger partial charge in [0.05, 0.1) is 46.3 Å². The van der Waals surface area contributed by atoms with Crippen LogP contribution in [-0.4, -0.2) is 55.5 Å². The molecular formula is C23H28NO5+. The third kappa shape index (κ3) is 5.15. The summed E-state index contributed by atoms with van der Waals surface area (Å²) < 4.78 is 12.7. The zero-order chi connectivity index (χ0) is 21.2. The zero-order valence-corrected chi connectivity index (χ0v) is 17.4. The molecule has 1 N–H and O–H groups in total. The van der Waals surface area contributed by atoms with E-state index in [9.17, 15) is 14.7 Å². The lowest BCUT2D eigenvalue weighted by Gasteiger charge is -2.27. The molecule has 0 fully saturated rings. The van der Waals surface area contributed by atoms with Gasteiger partial charge in [0.2, 0.25) is 0 Å². The van der Waals surface area contributed by atoms with Gasteiger partial charge in [-0.2, -0.15) is 0 Å². The fraction of sp³-hybridized carbons (Fsp3) is 0.391. The molecule has 3 rings (SSSR count). The highest BCUT2D eigenvalue weighted by Gasteiger charge is 2.31. The number of phenolic OH excluding ortho intramolecular Hbond substituents is 1. The van der Waals surface area contributed by atoms with Gasteiger partial charge in [-0.3, -0.25) is 9.59 Å². The van der Waals surface area contributed by atoms with Crippen LogP contribution in [0.25, 0.3) is 0 Å². The summed E-state index contributed by atoms with van der Waals surface area (Å²) >= 11 is 0. The van der Waals surface area contributed by atoms with Crippen molar-refractivity contribution in [3.05, 3.63) is 53.1 Å². The van der Waals surface area contributed by atoms with Gasteiger partial charge in [0.1, 0.15) is 23.4 Å². The highest BCUT2D eigenvalue weighted by molar-refractivity contribution is 6.10. The summed E-state index contributed by atoms with van der Waals surface area (Å²) in [6, 6.07) is 10.2. The van der Waals surface area contributed by atoms with Gasteiger partial charge in [0, 0.05) is 18.1 Å². The van der Waals surface area contributed by atoms with E-state index < -0.39 is 6.10 Å². The first kappa shape index (κ1) is 20.9. The van der Waals surface area contributed by atoms with Gasteiger partial charge in [-0.25, -0.2) is 0 Å². The number of aromatic hydroxyl groups is 1. The summed E-state index contributed by atoms with van der Waals surface area (Å²) in [6.07, 6.45) is 0.635. The summed E-state index contributed by atoms with van der Waals surface area (Å²) in [6.45, 7) is 3.05. The number of nitrogens with zero attached hydrogens (tertiary/aromatic N) is 1.